The van der Waals surface area contributed by atoms with Gasteiger partial charge in [-0.2, -0.15) is 0 Å². The second-order valence-electron chi connectivity index (χ2n) is 8.81. The van der Waals surface area contributed by atoms with E-state index in [-0.39, 0.29) is 13.2 Å². The van der Waals surface area contributed by atoms with Crippen LogP contribution in [-0.4, -0.2) is 45.7 Å². The average molecular weight is 486 g/mol. The van der Waals surface area contributed by atoms with Crippen molar-refractivity contribution in [3.63, 3.8) is 0 Å². The molecule has 1 fully saturated rings. The summed E-state index contributed by atoms with van der Waals surface area (Å²) < 4.78 is 5.39. The van der Waals surface area contributed by atoms with E-state index in [1.165, 1.54) is 0 Å². The molecule has 7 nitrogen and oxygen atoms in total. The number of nitrogens with zero attached hydrogens (tertiary/aromatic N) is 1. The summed E-state index contributed by atoms with van der Waals surface area (Å²) >= 11 is 0. The number of benzene rings is 3. The van der Waals surface area contributed by atoms with Crippen molar-refractivity contribution >= 4 is 23.6 Å². The maximum Gasteiger partial charge on any atom is 0.410 e. The fourth-order valence-electron chi connectivity index (χ4n) is 4.76. The van der Waals surface area contributed by atoms with Crippen LogP contribution in [0.5, 0.6) is 0 Å². The summed E-state index contributed by atoms with van der Waals surface area (Å²) in [6.07, 6.45) is -1.21. The van der Waals surface area contributed by atoms with Crippen LogP contribution in [0, 0.1) is 11.8 Å². The smallest absolute Gasteiger partial charge is 0.410 e. The van der Waals surface area contributed by atoms with Crippen LogP contribution in [0.1, 0.15) is 17.5 Å². The van der Waals surface area contributed by atoms with Crippen LogP contribution in [-0.2, 0) is 20.9 Å². The van der Waals surface area contributed by atoms with Crippen LogP contribution in [0.4, 0.5) is 4.79 Å². The molecular weight excluding hydrogens is 458 g/mol. The molecule has 7 heteroatoms. The molecule has 36 heavy (non-hydrogen) atoms. The van der Waals surface area contributed by atoms with Gasteiger partial charge in [0.15, 0.2) is 0 Å². The van der Waals surface area contributed by atoms with Gasteiger partial charge in [-0.05, 0) is 27.8 Å². The minimum Gasteiger partial charge on any atom is -0.481 e. The van der Waals surface area contributed by atoms with E-state index in [1.54, 1.807) is 12.1 Å². The molecule has 0 spiro atoms. The Morgan fingerprint density at radius 1 is 0.861 bits per heavy atom. The Balaban J connectivity index is 1.57. The maximum absolute atomic E-state index is 12.9. The topological polar surface area (TPSA) is 104 Å². The molecule has 3 atom stereocenters. The number of ether oxygens (including phenoxy) is 1. The van der Waals surface area contributed by atoms with Gasteiger partial charge in [0.25, 0.3) is 0 Å². The lowest BCUT2D eigenvalue weighted by Gasteiger charge is -2.24. The summed E-state index contributed by atoms with van der Waals surface area (Å²) in [5.74, 6) is -3.82. The first kappa shape index (κ1) is 24.7. The van der Waals surface area contributed by atoms with Crippen LogP contribution >= 0.6 is 0 Å². The molecule has 0 aromatic heterocycles. The number of hydrogen-bond donors (Lipinski definition) is 2. The number of carboxylic acids is 2. The minimum atomic E-state index is -1.34. The molecule has 4 rings (SSSR count). The van der Waals surface area contributed by atoms with Gasteiger partial charge >= 0.3 is 18.0 Å². The fourth-order valence-corrected chi connectivity index (χ4v) is 4.76. The van der Waals surface area contributed by atoms with Gasteiger partial charge in [-0.1, -0.05) is 91.5 Å². The van der Waals surface area contributed by atoms with Crippen molar-refractivity contribution in [3.05, 3.63) is 103 Å². The molecule has 3 aromatic carbocycles. The van der Waals surface area contributed by atoms with E-state index >= 15 is 0 Å². The summed E-state index contributed by atoms with van der Waals surface area (Å²) in [5, 5.41) is 19.5. The van der Waals surface area contributed by atoms with Gasteiger partial charge in [-0.25, -0.2) is 9.59 Å². The normalized spacial score (nSPS) is 19.0. The number of carboxylic acid groups (broad SMARTS) is 2. The molecule has 0 saturated carbocycles. The molecule has 1 aliphatic heterocycles. The Bertz CT molecular complexity index is 1240. The minimum absolute atomic E-state index is 0.00179. The predicted octanol–water partition coefficient (Wildman–Crippen LogP) is 5.18. The molecule has 1 amide bonds. The number of amides is 1. The third-order valence-corrected chi connectivity index (χ3v) is 6.56. The first-order valence-electron chi connectivity index (χ1n) is 11.6. The van der Waals surface area contributed by atoms with E-state index in [0.717, 1.165) is 27.2 Å². The number of hydrogen-bond acceptors (Lipinski definition) is 4. The van der Waals surface area contributed by atoms with Gasteiger partial charge in [0.2, 0.25) is 0 Å². The number of carbonyl (C=O) groups excluding carboxylic acids is 1. The van der Waals surface area contributed by atoms with Crippen molar-refractivity contribution < 1.29 is 29.3 Å². The summed E-state index contributed by atoms with van der Waals surface area (Å²) in [5.41, 5.74) is 4.18. The van der Waals surface area contributed by atoms with Gasteiger partial charge in [0.05, 0.1) is 6.42 Å². The molecule has 1 heterocycles. The molecule has 1 saturated heterocycles. The van der Waals surface area contributed by atoms with Gasteiger partial charge in [-0.15, -0.1) is 0 Å². The van der Waals surface area contributed by atoms with Gasteiger partial charge in [0, 0.05) is 18.4 Å². The molecule has 0 unspecified atom stereocenters. The van der Waals surface area contributed by atoms with Crippen molar-refractivity contribution in [3.8, 4) is 11.1 Å². The zero-order valence-corrected chi connectivity index (χ0v) is 19.6. The second-order valence-corrected chi connectivity index (χ2v) is 8.81. The highest BCUT2D eigenvalue weighted by molar-refractivity contribution is 5.84. The Morgan fingerprint density at radius 2 is 1.44 bits per heavy atom. The zero-order chi connectivity index (χ0) is 25.7. The standard InChI is InChI=1S/C29H27NO6/c1-19(21-12-14-23(15-13-21)22-10-6-3-7-11-22)25-17-30(27(28(33)34)24(25)16-26(31)32)29(35)36-18-20-8-4-2-5-9-20/h2-15,24-25,27H,1,16-18H2,(H,31,32)(H,33,34)/t24-,25+,27-/m0/s1. The van der Waals surface area contributed by atoms with E-state index in [2.05, 4.69) is 6.58 Å². The van der Waals surface area contributed by atoms with Crippen molar-refractivity contribution in [2.45, 2.75) is 19.1 Å². The Kier molecular flexibility index (Phi) is 7.49. The molecule has 1 aliphatic rings. The molecule has 0 aliphatic carbocycles. The Hall–Kier alpha value is -4.39. The van der Waals surface area contributed by atoms with Crippen LogP contribution in [0.2, 0.25) is 0 Å². The lowest BCUT2D eigenvalue weighted by molar-refractivity contribution is -0.144. The van der Waals surface area contributed by atoms with E-state index in [4.69, 9.17) is 4.74 Å². The quantitative estimate of drug-likeness (QED) is 0.456. The maximum atomic E-state index is 12.9. The molecular formula is C29H27NO6. The number of rotatable bonds is 8. The Labute approximate surface area is 209 Å². The van der Waals surface area contributed by atoms with Crippen molar-refractivity contribution in [2.75, 3.05) is 6.54 Å². The Morgan fingerprint density at radius 3 is 2.03 bits per heavy atom. The molecule has 3 aromatic rings. The van der Waals surface area contributed by atoms with E-state index < -0.39 is 42.3 Å². The molecule has 0 bridgehead atoms. The SMILES string of the molecule is C=C(c1ccc(-c2ccccc2)cc1)[C@H]1CN(C(=O)OCc2ccccc2)[C@H](C(=O)O)[C@H]1CC(=O)O. The van der Waals surface area contributed by atoms with Crippen molar-refractivity contribution in [1.82, 2.24) is 4.90 Å². The molecule has 0 radical (unpaired) electrons. The van der Waals surface area contributed by atoms with Crippen LogP contribution in [0.3, 0.4) is 0 Å². The summed E-state index contributed by atoms with van der Waals surface area (Å²) in [6.45, 7) is 4.17. The van der Waals surface area contributed by atoms with Gasteiger partial charge < -0.3 is 14.9 Å². The van der Waals surface area contributed by atoms with Gasteiger partial charge in [-0.3, -0.25) is 9.69 Å². The van der Waals surface area contributed by atoms with Crippen LogP contribution < -0.4 is 0 Å². The van der Waals surface area contributed by atoms with E-state index in [0.29, 0.717) is 5.57 Å². The monoisotopic (exact) mass is 485 g/mol. The number of aliphatic carboxylic acids is 2. The summed E-state index contributed by atoms with van der Waals surface area (Å²) in [6, 6.07) is 25.2. The molecule has 2 N–H and O–H groups in total. The van der Waals surface area contributed by atoms with Crippen LogP contribution in [0.25, 0.3) is 16.7 Å². The van der Waals surface area contributed by atoms with Gasteiger partial charge in [0.1, 0.15) is 12.6 Å². The fraction of sp³-hybridized carbons (Fsp3) is 0.207. The highest BCUT2D eigenvalue weighted by Crippen LogP contribution is 2.41. The lowest BCUT2D eigenvalue weighted by atomic mass is 9.80. The van der Waals surface area contributed by atoms with Crippen molar-refractivity contribution in [2.24, 2.45) is 11.8 Å². The van der Waals surface area contributed by atoms with Crippen molar-refractivity contribution in [1.29, 1.82) is 0 Å². The summed E-state index contributed by atoms with van der Waals surface area (Å²) in [4.78, 5) is 37.9. The zero-order valence-electron chi connectivity index (χ0n) is 19.6. The first-order valence-corrected chi connectivity index (χ1v) is 11.6. The van der Waals surface area contributed by atoms with E-state index in [1.807, 2.05) is 72.8 Å². The summed E-state index contributed by atoms with van der Waals surface area (Å²) in [7, 11) is 0. The largest absolute Gasteiger partial charge is 0.481 e. The lowest BCUT2D eigenvalue weighted by Crippen LogP contribution is -2.44. The number of likely N-dealkylation sites (tertiary alicyclic amines) is 1. The predicted molar refractivity (Wildman–Crippen MR) is 135 cm³/mol. The highest BCUT2D eigenvalue weighted by Gasteiger charge is 2.50. The highest BCUT2D eigenvalue weighted by atomic mass is 16.6. The van der Waals surface area contributed by atoms with E-state index in [9.17, 15) is 24.6 Å². The number of carbonyl (C=O) groups is 3. The third kappa shape index (κ3) is 5.46. The van der Waals surface area contributed by atoms with Crippen LogP contribution in [0.15, 0.2) is 91.5 Å². The molecule has 184 valence electrons. The average Bonchev–Trinajstić information content (AvgIpc) is 3.27. The second kappa shape index (κ2) is 10.9. The third-order valence-electron chi connectivity index (χ3n) is 6.56. The first-order chi connectivity index (χ1) is 17.3.